The number of nitrogens with two attached hydrogens (primary N) is 1. The third-order valence-electron chi connectivity index (χ3n) is 4.39. The molecule has 0 radical (unpaired) electrons. The Hall–Kier alpha value is -3.16. The molecule has 2 aromatic heterocycles. The van der Waals surface area contributed by atoms with Crippen LogP contribution >= 0.6 is 0 Å². The van der Waals surface area contributed by atoms with E-state index in [1.54, 1.807) is 21.8 Å². The fraction of sp³-hybridized carbons (Fsp3) is 0.294. The molecule has 8 nitrogen and oxygen atoms in total. The van der Waals surface area contributed by atoms with E-state index < -0.39 is 0 Å². The number of hydrogen-bond acceptors (Lipinski definition) is 5. The van der Waals surface area contributed by atoms with Gasteiger partial charge in [0.1, 0.15) is 5.52 Å². The van der Waals surface area contributed by atoms with Crippen molar-refractivity contribution in [2.75, 3.05) is 24.1 Å². The van der Waals surface area contributed by atoms with Gasteiger partial charge >= 0.3 is 6.03 Å². The molecule has 128 valence electrons. The van der Waals surface area contributed by atoms with Crippen LogP contribution in [0, 0.1) is 0 Å². The molecule has 3 N–H and O–H groups in total. The Bertz CT molecular complexity index is 943. The average molecular weight is 337 g/mol. The van der Waals surface area contributed by atoms with E-state index in [1.807, 2.05) is 25.4 Å². The maximum atomic E-state index is 12.2. The first kappa shape index (κ1) is 15.4. The predicted octanol–water partition coefficient (Wildman–Crippen LogP) is 2.24. The second-order valence-electron chi connectivity index (χ2n) is 6.26. The fourth-order valence-electron chi connectivity index (χ4n) is 3.09. The molecule has 1 aliphatic heterocycles. The maximum absolute atomic E-state index is 12.2. The van der Waals surface area contributed by atoms with Crippen LogP contribution < -0.4 is 11.1 Å². The van der Waals surface area contributed by atoms with Gasteiger partial charge in [0.15, 0.2) is 5.82 Å². The molecule has 0 bridgehead atoms. The Morgan fingerprint density at radius 1 is 1.16 bits per heavy atom. The summed E-state index contributed by atoms with van der Waals surface area (Å²) < 4.78 is 1.74. The van der Waals surface area contributed by atoms with Gasteiger partial charge in [-0.1, -0.05) is 0 Å². The molecule has 4 rings (SSSR count). The van der Waals surface area contributed by atoms with Crippen molar-refractivity contribution in [3.05, 3.63) is 30.6 Å². The second-order valence-corrected chi connectivity index (χ2v) is 6.26. The van der Waals surface area contributed by atoms with Crippen LogP contribution in [0.3, 0.4) is 0 Å². The Morgan fingerprint density at radius 2 is 1.96 bits per heavy atom. The molecule has 0 atom stereocenters. The highest BCUT2D eigenvalue weighted by Gasteiger charge is 2.18. The molecule has 1 saturated heterocycles. The summed E-state index contributed by atoms with van der Waals surface area (Å²) >= 11 is 0. The zero-order valence-corrected chi connectivity index (χ0v) is 13.9. The van der Waals surface area contributed by atoms with Crippen molar-refractivity contribution in [3.8, 4) is 11.1 Å². The molecule has 3 aromatic rings. The van der Waals surface area contributed by atoms with E-state index >= 15 is 0 Å². The quantitative estimate of drug-likeness (QED) is 0.698. The summed E-state index contributed by atoms with van der Waals surface area (Å²) in [4.78, 5) is 14.0. The number of urea groups is 1. The van der Waals surface area contributed by atoms with Crippen molar-refractivity contribution in [1.82, 2.24) is 24.9 Å². The van der Waals surface area contributed by atoms with Crippen molar-refractivity contribution in [3.63, 3.8) is 0 Å². The van der Waals surface area contributed by atoms with Gasteiger partial charge in [-0.15, -0.1) is 10.2 Å². The highest BCUT2D eigenvalue weighted by molar-refractivity contribution is 5.96. The van der Waals surface area contributed by atoms with Gasteiger partial charge in [0.25, 0.3) is 0 Å². The van der Waals surface area contributed by atoms with Gasteiger partial charge < -0.3 is 10.6 Å². The summed E-state index contributed by atoms with van der Waals surface area (Å²) in [6.07, 6.45) is 5.79. The van der Waals surface area contributed by atoms with E-state index in [1.165, 1.54) is 0 Å². The summed E-state index contributed by atoms with van der Waals surface area (Å²) in [6, 6.07) is 5.49. The van der Waals surface area contributed by atoms with Gasteiger partial charge in [0.2, 0.25) is 0 Å². The van der Waals surface area contributed by atoms with Crippen LogP contribution in [0.5, 0.6) is 0 Å². The van der Waals surface area contributed by atoms with Crippen LogP contribution in [0.2, 0.25) is 0 Å². The molecule has 0 spiro atoms. The van der Waals surface area contributed by atoms with E-state index in [2.05, 4.69) is 20.6 Å². The Kier molecular flexibility index (Phi) is 3.72. The molecule has 1 fully saturated rings. The van der Waals surface area contributed by atoms with Crippen LogP contribution in [-0.4, -0.2) is 44.0 Å². The number of fused-ring (bicyclic) bond motifs is 1. The first-order valence-corrected chi connectivity index (χ1v) is 8.22. The van der Waals surface area contributed by atoms with Gasteiger partial charge in [-0.05, 0) is 36.6 Å². The molecule has 1 aliphatic rings. The number of anilines is 2. The van der Waals surface area contributed by atoms with Crippen LogP contribution in [0.25, 0.3) is 22.0 Å². The summed E-state index contributed by atoms with van der Waals surface area (Å²) in [5.41, 5.74) is 9.20. The van der Waals surface area contributed by atoms with Crippen LogP contribution in [-0.2, 0) is 7.05 Å². The number of carbonyl (C=O) groups is 1. The molecular weight excluding hydrogens is 318 g/mol. The zero-order valence-electron chi connectivity index (χ0n) is 13.9. The first-order chi connectivity index (χ1) is 12.1. The highest BCUT2D eigenvalue weighted by atomic mass is 16.2. The number of carbonyl (C=O) groups excluding carboxylic acids is 1. The molecule has 3 heterocycles. The summed E-state index contributed by atoms with van der Waals surface area (Å²) in [5.74, 6) is 0.423. The van der Waals surface area contributed by atoms with Crippen LogP contribution in [0.1, 0.15) is 12.8 Å². The number of aryl methyl sites for hydroxylation is 1. The Morgan fingerprint density at radius 3 is 2.68 bits per heavy atom. The lowest BCUT2D eigenvalue weighted by molar-refractivity contribution is 0.222. The zero-order chi connectivity index (χ0) is 17.4. The molecule has 0 saturated carbocycles. The molecule has 2 amide bonds. The van der Waals surface area contributed by atoms with Crippen molar-refractivity contribution < 1.29 is 4.79 Å². The van der Waals surface area contributed by atoms with E-state index in [0.717, 1.165) is 42.4 Å². The lowest BCUT2D eigenvalue weighted by Crippen LogP contribution is -2.32. The second kappa shape index (κ2) is 6.04. The average Bonchev–Trinajstić information content (AvgIpc) is 3.26. The van der Waals surface area contributed by atoms with E-state index in [9.17, 15) is 4.79 Å². The minimum absolute atomic E-state index is 0.137. The summed E-state index contributed by atoms with van der Waals surface area (Å²) in [6.45, 7) is 1.57. The smallest absolute Gasteiger partial charge is 0.323 e. The predicted molar refractivity (Wildman–Crippen MR) is 96.0 cm³/mol. The maximum Gasteiger partial charge on any atom is 0.323 e. The van der Waals surface area contributed by atoms with Gasteiger partial charge in [-0.2, -0.15) is 5.10 Å². The Balaban J connectivity index is 1.67. The van der Waals surface area contributed by atoms with Gasteiger partial charge in [0, 0.05) is 37.3 Å². The third-order valence-corrected chi connectivity index (χ3v) is 4.39. The number of amides is 2. The Labute approximate surface area is 144 Å². The monoisotopic (exact) mass is 337 g/mol. The van der Waals surface area contributed by atoms with Crippen molar-refractivity contribution in [2.45, 2.75) is 12.8 Å². The number of aromatic nitrogens is 4. The number of likely N-dealkylation sites (tertiary alicyclic amines) is 1. The molecule has 0 unspecified atom stereocenters. The molecule has 0 aliphatic carbocycles. The first-order valence-electron chi connectivity index (χ1n) is 8.22. The van der Waals surface area contributed by atoms with E-state index in [4.69, 9.17) is 5.73 Å². The highest BCUT2D eigenvalue weighted by Crippen LogP contribution is 2.28. The fourth-order valence-corrected chi connectivity index (χ4v) is 3.09. The standard InChI is InChI=1S/C17H19N7O/c1-23-10-13(9-19-23)11-6-12-8-15(21-22-16(12)14(18)7-11)20-17(25)24-4-2-3-5-24/h6-10H,2-5,18H2,1H3,(H,20,21,25). The van der Waals surface area contributed by atoms with E-state index in [-0.39, 0.29) is 6.03 Å². The van der Waals surface area contributed by atoms with Crippen molar-refractivity contribution in [1.29, 1.82) is 0 Å². The van der Waals surface area contributed by atoms with E-state index in [0.29, 0.717) is 17.0 Å². The minimum atomic E-state index is -0.137. The van der Waals surface area contributed by atoms with Crippen LogP contribution in [0.4, 0.5) is 16.3 Å². The normalized spacial score (nSPS) is 14.2. The number of nitrogen functional groups attached to an aromatic ring is 1. The van der Waals surface area contributed by atoms with Gasteiger partial charge in [-0.3, -0.25) is 10.00 Å². The SMILES string of the molecule is Cn1cc(-c2cc(N)c3nnc(NC(=O)N4CCCC4)cc3c2)cn1. The third kappa shape index (κ3) is 2.98. The van der Waals surface area contributed by atoms with Gasteiger partial charge in [0.05, 0.1) is 11.9 Å². The number of rotatable bonds is 2. The topological polar surface area (TPSA) is 102 Å². The van der Waals surface area contributed by atoms with Crippen molar-refractivity contribution in [2.24, 2.45) is 7.05 Å². The molecule has 1 aromatic carbocycles. The minimum Gasteiger partial charge on any atom is -0.397 e. The largest absolute Gasteiger partial charge is 0.397 e. The summed E-state index contributed by atoms with van der Waals surface area (Å²) in [5, 5.41) is 16.1. The molecular formula is C17H19N7O. The van der Waals surface area contributed by atoms with Crippen molar-refractivity contribution >= 4 is 28.4 Å². The molecule has 25 heavy (non-hydrogen) atoms. The lowest BCUT2D eigenvalue weighted by atomic mass is 10.1. The number of hydrogen-bond donors (Lipinski definition) is 2. The number of nitrogens with zero attached hydrogens (tertiary/aromatic N) is 5. The summed E-state index contributed by atoms with van der Waals surface area (Å²) in [7, 11) is 1.87. The van der Waals surface area contributed by atoms with Gasteiger partial charge in [-0.25, -0.2) is 4.79 Å². The number of benzene rings is 1. The number of nitrogens with one attached hydrogen (secondary N) is 1. The van der Waals surface area contributed by atoms with Crippen LogP contribution in [0.15, 0.2) is 30.6 Å². The molecule has 8 heteroatoms. The lowest BCUT2D eigenvalue weighted by Gasteiger charge is -2.15.